The van der Waals surface area contributed by atoms with Crippen molar-refractivity contribution in [2.75, 3.05) is 0 Å². The van der Waals surface area contributed by atoms with Gasteiger partial charge >= 0.3 is 6.09 Å². The molecule has 1 rings (SSSR count). The lowest BCUT2D eigenvalue weighted by molar-refractivity contribution is 0.0951. The van der Waals surface area contributed by atoms with Gasteiger partial charge in [-0.25, -0.2) is 13.6 Å². The Labute approximate surface area is 93.4 Å². The first-order valence-electron chi connectivity index (χ1n) is 5.52. The second-order valence-corrected chi connectivity index (χ2v) is 4.29. The van der Waals surface area contributed by atoms with Gasteiger partial charge in [-0.15, -0.1) is 0 Å². The van der Waals surface area contributed by atoms with Crippen LogP contribution in [0.25, 0.3) is 0 Å². The summed E-state index contributed by atoms with van der Waals surface area (Å²) in [7, 11) is 0. The summed E-state index contributed by atoms with van der Waals surface area (Å²) in [5, 5.41) is 13.8. The van der Waals surface area contributed by atoms with Gasteiger partial charge < -0.3 is 15.7 Å². The van der Waals surface area contributed by atoms with Gasteiger partial charge in [-0.05, 0) is 32.6 Å². The molecule has 1 fully saturated rings. The number of carboxylic acid groups (broad SMARTS) is 1. The highest BCUT2D eigenvalue weighted by molar-refractivity contribution is 5.64. The molecule has 0 heterocycles. The third kappa shape index (κ3) is 4.30. The first-order chi connectivity index (χ1) is 7.49. The van der Waals surface area contributed by atoms with E-state index in [0.29, 0.717) is 12.8 Å². The minimum atomic E-state index is -2.35. The van der Waals surface area contributed by atoms with Crippen molar-refractivity contribution in [3.05, 3.63) is 0 Å². The zero-order valence-corrected chi connectivity index (χ0v) is 9.25. The molecule has 4 nitrogen and oxygen atoms in total. The molecular weight excluding hydrogens is 218 g/mol. The Morgan fingerprint density at radius 2 is 1.75 bits per heavy atom. The first kappa shape index (κ1) is 13.2. The maximum atomic E-state index is 12.3. The van der Waals surface area contributed by atoms with E-state index in [-0.39, 0.29) is 12.1 Å². The Kier molecular flexibility index (Phi) is 4.92. The van der Waals surface area contributed by atoms with Crippen molar-refractivity contribution in [1.29, 1.82) is 0 Å². The van der Waals surface area contributed by atoms with Crippen molar-refractivity contribution in [2.24, 2.45) is 0 Å². The summed E-state index contributed by atoms with van der Waals surface area (Å²) in [4.78, 5) is 10.4. The largest absolute Gasteiger partial charge is 0.465 e. The molecule has 0 aromatic heterocycles. The Balaban J connectivity index is 2.24. The normalized spacial score (nSPS) is 27.8. The molecule has 0 radical (unpaired) electrons. The maximum Gasteiger partial charge on any atom is 0.404 e. The Hall–Kier alpha value is -0.910. The number of carbonyl (C=O) groups is 1. The highest BCUT2D eigenvalue weighted by Crippen LogP contribution is 2.19. The number of hydrogen-bond acceptors (Lipinski definition) is 2. The molecule has 0 spiro atoms. The monoisotopic (exact) mass is 236 g/mol. The van der Waals surface area contributed by atoms with E-state index in [1.54, 1.807) is 0 Å². The smallest absolute Gasteiger partial charge is 0.404 e. The number of halogens is 2. The van der Waals surface area contributed by atoms with Gasteiger partial charge in [0.15, 0.2) is 0 Å². The van der Waals surface area contributed by atoms with Crippen LogP contribution < -0.4 is 10.6 Å². The molecule has 0 aromatic carbocycles. The zero-order valence-electron chi connectivity index (χ0n) is 9.25. The summed E-state index contributed by atoms with van der Waals surface area (Å²) in [6.45, 7) is 1.46. The SMILES string of the molecule is CC(NC1CCC(NC(=O)O)CC1)C(F)F. The average Bonchev–Trinajstić information content (AvgIpc) is 2.20. The third-order valence-corrected chi connectivity index (χ3v) is 2.93. The molecule has 1 aliphatic carbocycles. The number of rotatable bonds is 4. The van der Waals surface area contributed by atoms with Crippen molar-refractivity contribution in [1.82, 2.24) is 10.6 Å². The Bertz CT molecular complexity index is 231. The predicted molar refractivity (Wildman–Crippen MR) is 55.8 cm³/mol. The van der Waals surface area contributed by atoms with Crippen LogP contribution in [-0.2, 0) is 0 Å². The van der Waals surface area contributed by atoms with Gasteiger partial charge in [0.25, 0.3) is 6.43 Å². The highest BCUT2D eigenvalue weighted by atomic mass is 19.3. The van der Waals surface area contributed by atoms with Crippen LogP contribution in [0.1, 0.15) is 32.6 Å². The van der Waals surface area contributed by atoms with Crippen LogP contribution in [0.5, 0.6) is 0 Å². The minimum absolute atomic E-state index is 0.0302. The van der Waals surface area contributed by atoms with E-state index in [4.69, 9.17) is 5.11 Å². The van der Waals surface area contributed by atoms with Crippen LogP contribution >= 0.6 is 0 Å². The van der Waals surface area contributed by atoms with Crippen molar-refractivity contribution in [3.63, 3.8) is 0 Å². The van der Waals surface area contributed by atoms with E-state index in [9.17, 15) is 13.6 Å². The molecule has 1 atom stereocenters. The maximum absolute atomic E-state index is 12.3. The molecule has 1 aliphatic rings. The summed E-state index contributed by atoms with van der Waals surface area (Å²) >= 11 is 0. The van der Waals surface area contributed by atoms with Crippen molar-refractivity contribution >= 4 is 6.09 Å². The van der Waals surface area contributed by atoms with E-state index in [2.05, 4.69) is 10.6 Å². The second-order valence-electron chi connectivity index (χ2n) is 4.29. The van der Waals surface area contributed by atoms with Gasteiger partial charge in [0.1, 0.15) is 0 Å². The number of alkyl halides is 2. The third-order valence-electron chi connectivity index (χ3n) is 2.93. The molecule has 1 amide bonds. The van der Waals surface area contributed by atoms with E-state index < -0.39 is 18.6 Å². The van der Waals surface area contributed by atoms with Gasteiger partial charge in [-0.3, -0.25) is 0 Å². The van der Waals surface area contributed by atoms with Crippen LogP contribution in [0.2, 0.25) is 0 Å². The topological polar surface area (TPSA) is 61.4 Å². The molecule has 0 bridgehead atoms. The molecule has 94 valence electrons. The fraction of sp³-hybridized carbons (Fsp3) is 0.900. The van der Waals surface area contributed by atoms with E-state index in [0.717, 1.165) is 12.8 Å². The molecule has 0 aromatic rings. The molecule has 0 aliphatic heterocycles. The van der Waals surface area contributed by atoms with Crippen LogP contribution in [0.15, 0.2) is 0 Å². The van der Waals surface area contributed by atoms with Gasteiger partial charge in [0, 0.05) is 12.1 Å². The van der Waals surface area contributed by atoms with E-state index in [1.807, 2.05) is 0 Å². The summed E-state index contributed by atoms with van der Waals surface area (Å²) in [6.07, 6.45) is -0.476. The lowest BCUT2D eigenvalue weighted by atomic mass is 9.91. The first-order valence-corrected chi connectivity index (χ1v) is 5.52. The van der Waals surface area contributed by atoms with Crippen LogP contribution in [0.3, 0.4) is 0 Å². The van der Waals surface area contributed by atoms with Crippen LogP contribution in [-0.4, -0.2) is 35.8 Å². The van der Waals surface area contributed by atoms with Crippen molar-refractivity contribution in [2.45, 2.75) is 57.2 Å². The second kappa shape index (κ2) is 5.98. The summed E-state index contributed by atoms with van der Waals surface area (Å²) in [6, 6.07) is -0.748. The molecular formula is C10H18F2N2O2. The lowest BCUT2D eigenvalue weighted by Crippen LogP contribution is -2.46. The standard InChI is InChI=1S/C10H18F2N2O2/c1-6(9(11)12)13-7-2-4-8(5-3-7)14-10(15)16/h6-9,13-14H,2-5H2,1H3,(H,15,16). The quantitative estimate of drug-likeness (QED) is 0.697. The van der Waals surface area contributed by atoms with E-state index in [1.165, 1.54) is 6.92 Å². The molecule has 0 saturated heterocycles. The van der Waals surface area contributed by atoms with Crippen LogP contribution in [0, 0.1) is 0 Å². The van der Waals surface area contributed by atoms with Gasteiger partial charge in [-0.2, -0.15) is 0 Å². The Morgan fingerprint density at radius 3 is 2.19 bits per heavy atom. The van der Waals surface area contributed by atoms with Gasteiger partial charge in [-0.1, -0.05) is 0 Å². The fourth-order valence-electron chi connectivity index (χ4n) is 2.02. The molecule has 3 N–H and O–H groups in total. The van der Waals surface area contributed by atoms with Crippen molar-refractivity contribution in [3.8, 4) is 0 Å². The molecule has 6 heteroatoms. The predicted octanol–water partition coefficient (Wildman–Crippen LogP) is 1.81. The van der Waals surface area contributed by atoms with Crippen molar-refractivity contribution < 1.29 is 18.7 Å². The molecule has 1 saturated carbocycles. The number of amides is 1. The average molecular weight is 236 g/mol. The van der Waals surface area contributed by atoms with Crippen LogP contribution in [0.4, 0.5) is 13.6 Å². The lowest BCUT2D eigenvalue weighted by Gasteiger charge is -2.30. The fourth-order valence-corrected chi connectivity index (χ4v) is 2.02. The summed E-state index contributed by atoms with van der Waals surface area (Å²) in [5.41, 5.74) is 0. The summed E-state index contributed by atoms with van der Waals surface area (Å²) in [5.74, 6) is 0. The Morgan fingerprint density at radius 1 is 1.25 bits per heavy atom. The van der Waals surface area contributed by atoms with Gasteiger partial charge in [0.05, 0.1) is 6.04 Å². The highest BCUT2D eigenvalue weighted by Gasteiger charge is 2.25. The zero-order chi connectivity index (χ0) is 12.1. The molecule has 16 heavy (non-hydrogen) atoms. The minimum Gasteiger partial charge on any atom is -0.465 e. The number of nitrogens with one attached hydrogen (secondary N) is 2. The van der Waals surface area contributed by atoms with E-state index >= 15 is 0 Å². The molecule has 1 unspecified atom stereocenters. The summed E-state index contributed by atoms with van der Waals surface area (Å²) < 4.78 is 24.6. The number of hydrogen-bond donors (Lipinski definition) is 3. The van der Waals surface area contributed by atoms with Gasteiger partial charge in [0.2, 0.25) is 0 Å².